The van der Waals surface area contributed by atoms with Gasteiger partial charge in [0.25, 0.3) is 0 Å². The van der Waals surface area contributed by atoms with E-state index in [0.717, 1.165) is 19.6 Å². The van der Waals surface area contributed by atoms with Gasteiger partial charge in [-0.2, -0.15) is 5.26 Å². The highest BCUT2D eigenvalue weighted by molar-refractivity contribution is 4.99. The summed E-state index contributed by atoms with van der Waals surface area (Å²) in [5, 5.41) is 8.92. The molecule has 1 fully saturated rings. The molecular weight excluding hydrogens is 176 g/mol. The maximum Gasteiger partial charge on any atom is 0.0669 e. The molecule has 1 rings (SSSR count). The third-order valence-corrected chi connectivity index (χ3v) is 2.82. The van der Waals surface area contributed by atoms with Crippen LogP contribution in [-0.4, -0.2) is 36.7 Å². The van der Waals surface area contributed by atoms with Crippen molar-refractivity contribution in [2.75, 3.05) is 20.3 Å². The summed E-state index contributed by atoms with van der Waals surface area (Å²) in [6.07, 6.45) is 0.946. The number of hydrogen-bond acceptors (Lipinski definition) is 3. The molecule has 1 heterocycles. The topological polar surface area (TPSA) is 36.3 Å². The Kier molecular flexibility index (Phi) is 3.52. The standard InChI is InChI=1S/C11H20N2O/c1-11(2,3)13-7-9(6-12)5-10(13)8-14-4/h9-10H,5,7-8H2,1-4H3/t9-,10+/m0/s1. The number of likely N-dealkylation sites (tertiary alicyclic amines) is 1. The predicted molar refractivity (Wildman–Crippen MR) is 55.8 cm³/mol. The quantitative estimate of drug-likeness (QED) is 0.673. The molecule has 0 spiro atoms. The number of ether oxygens (including phenoxy) is 1. The van der Waals surface area contributed by atoms with Crippen molar-refractivity contribution < 1.29 is 4.74 Å². The van der Waals surface area contributed by atoms with Crippen molar-refractivity contribution >= 4 is 0 Å². The van der Waals surface area contributed by atoms with Crippen LogP contribution in [0.5, 0.6) is 0 Å². The first kappa shape index (κ1) is 11.5. The lowest BCUT2D eigenvalue weighted by Crippen LogP contribution is -2.46. The molecular formula is C11H20N2O. The molecule has 80 valence electrons. The van der Waals surface area contributed by atoms with E-state index in [4.69, 9.17) is 10.00 Å². The van der Waals surface area contributed by atoms with E-state index < -0.39 is 0 Å². The van der Waals surface area contributed by atoms with Crippen LogP contribution in [0.4, 0.5) is 0 Å². The van der Waals surface area contributed by atoms with E-state index in [1.54, 1.807) is 7.11 Å². The lowest BCUT2D eigenvalue weighted by Gasteiger charge is -2.36. The number of hydrogen-bond donors (Lipinski definition) is 0. The van der Waals surface area contributed by atoms with Crippen LogP contribution >= 0.6 is 0 Å². The van der Waals surface area contributed by atoms with E-state index in [1.165, 1.54) is 0 Å². The van der Waals surface area contributed by atoms with Gasteiger partial charge in [-0.1, -0.05) is 0 Å². The monoisotopic (exact) mass is 196 g/mol. The molecule has 0 amide bonds. The average molecular weight is 196 g/mol. The largest absolute Gasteiger partial charge is 0.383 e. The molecule has 1 aliphatic heterocycles. The van der Waals surface area contributed by atoms with Crippen molar-refractivity contribution in [3.8, 4) is 6.07 Å². The minimum Gasteiger partial charge on any atom is -0.383 e. The fraction of sp³-hybridized carbons (Fsp3) is 0.909. The van der Waals surface area contributed by atoms with Crippen LogP contribution in [0, 0.1) is 17.2 Å². The zero-order chi connectivity index (χ0) is 10.8. The van der Waals surface area contributed by atoms with Gasteiger partial charge in [0, 0.05) is 25.2 Å². The van der Waals surface area contributed by atoms with Gasteiger partial charge in [-0.15, -0.1) is 0 Å². The zero-order valence-corrected chi connectivity index (χ0v) is 9.58. The summed E-state index contributed by atoms with van der Waals surface area (Å²) >= 11 is 0. The molecule has 0 bridgehead atoms. The fourth-order valence-corrected chi connectivity index (χ4v) is 2.18. The third kappa shape index (κ3) is 2.46. The van der Waals surface area contributed by atoms with Crippen LogP contribution in [-0.2, 0) is 4.74 Å². The average Bonchev–Trinajstić information content (AvgIpc) is 2.48. The Hall–Kier alpha value is -0.590. The first-order valence-corrected chi connectivity index (χ1v) is 5.14. The summed E-state index contributed by atoms with van der Waals surface area (Å²) in [5.74, 6) is 0.175. The van der Waals surface area contributed by atoms with Crippen LogP contribution < -0.4 is 0 Å². The van der Waals surface area contributed by atoms with Gasteiger partial charge in [-0.05, 0) is 27.2 Å². The van der Waals surface area contributed by atoms with Crippen molar-refractivity contribution in [3.05, 3.63) is 0 Å². The lowest BCUT2D eigenvalue weighted by molar-refractivity contribution is 0.0601. The second-order valence-electron chi connectivity index (χ2n) is 4.99. The first-order chi connectivity index (χ1) is 6.49. The van der Waals surface area contributed by atoms with Crippen molar-refractivity contribution in [2.24, 2.45) is 5.92 Å². The molecule has 0 unspecified atom stereocenters. The van der Waals surface area contributed by atoms with Crippen molar-refractivity contribution in [1.82, 2.24) is 4.90 Å². The Morgan fingerprint density at radius 1 is 1.50 bits per heavy atom. The molecule has 14 heavy (non-hydrogen) atoms. The highest BCUT2D eigenvalue weighted by atomic mass is 16.5. The molecule has 0 aliphatic carbocycles. The highest BCUT2D eigenvalue weighted by Crippen LogP contribution is 2.29. The fourth-order valence-electron chi connectivity index (χ4n) is 2.18. The highest BCUT2D eigenvalue weighted by Gasteiger charge is 2.37. The summed E-state index contributed by atoms with van der Waals surface area (Å²) < 4.78 is 5.19. The van der Waals surface area contributed by atoms with Gasteiger partial charge < -0.3 is 4.74 Å². The number of nitriles is 1. The molecule has 0 N–H and O–H groups in total. The van der Waals surface area contributed by atoms with Crippen molar-refractivity contribution in [2.45, 2.75) is 38.8 Å². The molecule has 3 heteroatoms. The smallest absolute Gasteiger partial charge is 0.0669 e. The van der Waals surface area contributed by atoms with Crippen molar-refractivity contribution in [1.29, 1.82) is 5.26 Å². The first-order valence-electron chi connectivity index (χ1n) is 5.14. The van der Waals surface area contributed by atoms with Gasteiger partial charge in [-0.25, -0.2) is 0 Å². The van der Waals surface area contributed by atoms with E-state index in [-0.39, 0.29) is 11.5 Å². The van der Waals surface area contributed by atoms with Gasteiger partial charge in [0.1, 0.15) is 0 Å². The maximum absolute atomic E-state index is 8.92. The summed E-state index contributed by atoms with van der Waals surface area (Å²) in [5.41, 5.74) is 0.134. The second kappa shape index (κ2) is 4.29. The normalized spacial score (nSPS) is 29.1. The van der Waals surface area contributed by atoms with Crippen LogP contribution in [0.15, 0.2) is 0 Å². The molecule has 1 saturated heterocycles. The Bertz CT molecular complexity index is 226. The van der Waals surface area contributed by atoms with E-state index in [0.29, 0.717) is 6.04 Å². The van der Waals surface area contributed by atoms with Gasteiger partial charge in [0.2, 0.25) is 0 Å². The van der Waals surface area contributed by atoms with Crippen LogP contribution in [0.1, 0.15) is 27.2 Å². The van der Waals surface area contributed by atoms with Crippen LogP contribution in [0.2, 0.25) is 0 Å². The molecule has 0 aromatic heterocycles. The summed E-state index contributed by atoms with van der Waals surface area (Å²) in [6.45, 7) is 8.18. The lowest BCUT2D eigenvalue weighted by atomic mass is 10.0. The number of rotatable bonds is 2. The second-order valence-corrected chi connectivity index (χ2v) is 4.99. The Morgan fingerprint density at radius 2 is 2.14 bits per heavy atom. The molecule has 0 saturated carbocycles. The summed E-state index contributed by atoms with van der Waals surface area (Å²) in [6, 6.07) is 2.76. The Balaban J connectivity index is 2.68. The van der Waals surface area contributed by atoms with E-state index in [9.17, 15) is 0 Å². The molecule has 0 radical (unpaired) electrons. The molecule has 2 atom stereocenters. The molecule has 0 aromatic carbocycles. The molecule has 0 aromatic rings. The maximum atomic E-state index is 8.92. The Morgan fingerprint density at radius 3 is 2.57 bits per heavy atom. The summed E-state index contributed by atoms with van der Waals surface area (Å²) in [7, 11) is 1.72. The number of nitrogens with zero attached hydrogens (tertiary/aromatic N) is 2. The van der Waals surface area contributed by atoms with E-state index >= 15 is 0 Å². The SMILES string of the molecule is COC[C@H]1C[C@@H](C#N)CN1C(C)(C)C. The van der Waals surface area contributed by atoms with Crippen LogP contribution in [0.3, 0.4) is 0 Å². The van der Waals surface area contributed by atoms with Gasteiger partial charge in [0.15, 0.2) is 0 Å². The van der Waals surface area contributed by atoms with E-state index in [2.05, 4.69) is 31.7 Å². The molecule has 3 nitrogen and oxygen atoms in total. The zero-order valence-electron chi connectivity index (χ0n) is 9.58. The Labute approximate surface area is 86.6 Å². The van der Waals surface area contributed by atoms with Crippen molar-refractivity contribution in [3.63, 3.8) is 0 Å². The minimum absolute atomic E-state index is 0.134. The third-order valence-electron chi connectivity index (χ3n) is 2.82. The van der Waals surface area contributed by atoms with Gasteiger partial charge in [0.05, 0.1) is 18.6 Å². The summed E-state index contributed by atoms with van der Waals surface area (Å²) in [4.78, 5) is 2.38. The van der Waals surface area contributed by atoms with Crippen LogP contribution in [0.25, 0.3) is 0 Å². The van der Waals surface area contributed by atoms with E-state index in [1.807, 2.05) is 0 Å². The predicted octanol–water partition coefficient (Wildman–Crippen LogP) is 1.65. The minimum atomic E-state index is 0.134. The molecule has 1 aliphatic rings. The van der Waals surface area contributed by atoms with Gasteiger partial charge in [-0.3, -0.25) is 4.90 Å². The number of methoxy groups -OCH3 is 1. The van der Waals surface area contributed by atoms with Gasteiger partial charge >= 0.3 is 0 Å².